The van der Waals surface area contributed by atoms with Gasteiger partial charge in [-0.05, 0) is 0 Å². The molecule has 9 heavy (non-hydrogen) atoms. The minimum atomic E-state index is -4.16. The summed E-state index contributed by atoms with van der Waals surface area (Å²) in [5.41, 5.74) is 0. The van der Waals surface area contributed by atoms with Crippen molar-refractivity contribution in [2.24, 2.45) is 5.14 Å². The Bertz CT molecular complexity index is 216. The third-order valence-corrected chi connectivity index (χ3v) is 0.762. The summed E-state index contributed by atoms with van der Waals surface area (Å²) in [5.74, 6) is -1.09. The lowest BCUT2D eigenvalue weighted by Crippen LogP contribution is -2.18. The zero-order valence-electron chi connectivity index (χ0n) is 4.40. The van der Waals surface area contributed by atoms with Crippen LogP contribution >= 0.6 is 0 Å². The Morgan fingerprint density at radius 2 is 2.11 bits per heavy atom. The molecule has 0 fully saturated rings. The van der Waals surface area contributed by atoms with Gasteiger partial charge >= 0.3 is 16.3 Å². The summed E-state index contributed by atoms with van der Waals surface area (Å²) in [5, 5.41) is 4.29. The van der Waals surface area contributed by atoms with Crippen molar-refractivity contribution in [1.82, 2.24) is 0 Å². The van der Waals surface area contributed by atoms with E-state index in [2.05, 4.69) is 15.9 Å². The molecular weight excluding hydrogens is 146 g/mol. The van der Waals surface area contributed by atoms with Crippen LogP contribution in [0.25, 0.3) is 0 Å². The summed E-state index contributed by atoms with van der Waals surface area (Å²) in [6, 6.07) is 0. The SMILES string of the molecule is C=CC(=O)OS(N)(=O)=O. The van der Waals surface area contributed by atoms with Gasteiger partial charge in [0.2, 0.25) is 0 Å². The molecule has 0 atom stereocenters. The van der Waals surface area contributed by atoms with E-state index in [-0.39, 0.29) is 0 Å². The fourth-order valence-corrected chi connectivity index (χ4v) is 0.446. The van der Waals surface area contributed by atoms with Crippen LogP contribution in [0.5, 0.6) is 0 Å². The molecule has 2 N–H and O–H groups in total. The molecule has 0 aromatic carbocycles. The maximum Gasteiger partial charge on any atom is 0.382 e. The number of rotatable bonds is 2. The maximum atomic E-state index is 10.0. The quantitative estimate of drug-likeness (QED) is 0.508. The molecule has 0 radical (unpaired) electrons. The first kappa shape index (κ1) is 8.12. The van der Waals surface area contributed by atoms with E-state index in [4.69, 9.17) is 0 Å². The van der Waals surface area contributed by atoms with Gasteiger partial charge in [-0.2, -0.15) is 13.6 Å². The number of carbonyl (C=O) groups excluding carboxylic acids is 1. The fourth-order valence-electron chi connectivity index (χ4n) is 0.149. The minimum absolute atomic E-state index is 0.699. The van der Waals surface area contributed by atoms with Crippen molar-refractivity contribution in [1.29, 1.82) is 0 Å². The van der Waals surface area contributed by atoms with Gasteiger partial charge in [0.1, 0.15) is 0 Å². The summed E-state index contributed by atoms with van der Waals surface area (Å²) in [4.78, 5) is 10.0. The molecule has 0 unspecified atom stereocenters. The Balaban J connectivity index is 4.06. The monoisotopic (exact) mass is 151 g/mol. The molecule has 0 spiro atoms. The molecule has 6 heteroatoms. The van der Waals surface area contributed by atoms with Crippen molar-refractivity contribution in [3.05, 3.63) is 12.7 Å². The highest BCUT2D eigenvalue weighted by molar-refractivity contribution is 7.84. The molecule has 0 amide bonds. The molecule has 0 saturated carbocycles. The summed E-state index contributed by atoms with van der Waals surface area (Å²) >= 11 is 0. The molecule has 0 heterocycles. The van der Waals surface area contributed by atoms with Crippen molar-refractivity contribution in [3.8, 4) is 0 Å². The van der Waals surface area contributed by atoms with Gasteiger partial charge in [0.25, 0.3) is 0 Å². The molecule has 0 aliphatic carbocycles. The lowest BCUT2D eigenvalue weighted by atomic mass is 10.7. The highest BCUT2D eigenvalue weighted by Gasteiger charge is 2.05. The Hall–Kier alpha value is -0.880. The Morgan fingerprint density at radius 1 is 1.67 bits per heavy atom. The van der Waals surface area contributed by atoms with Crippen LogP contribution in [-0.4, -0.2) is 14.4 Å². The van der Waals surface area contributed by atoms with Crippen LogP contribution in [0.3, 0.4) is 0 Å². The molecule has 0 aliphatic heterocycles. The van der Waals surface area contributed by atoms with Crippen molar-refractivity contribution < 1.29 is 17.4 Å². The van der Waals surface area contributed by atoms with Crippen molar-refractivity contribution in [3.63, 3.8) is 0 Å². The van der Waals surface area contributed by atoms with Crippen molar-refractivity contribution in [2.75, 3.05) is 0 Å². The molecule has 0 saturated heterocycles. The lowest BCUT2D eigenvalue weighted by Gasteiger charge is -1.92. The second kappa shape index (κ2) is 2.60. The maximum absolute atomic E-state index is 10.0. The smallest absolute Gasteiger partial charge is 0.330 e. The molecule has 52 valence electrons. The summed E-state index contributed by atoms with van der Waals surface area (Å²) < 4.78 is 23.4. The van der Waals surface area contributed by atoms with E-state index >= 15 is 0 Å². The van der Waals surface area contributed by atoms with Crippen LogP contribution in [0.2, 0.25) is 0 Å². The first-order chi connectivity index (χ1) is 3.95. The van der Waals surface area contributed by atoms with E-state index in [0.717, 1.165) is 0 Å². The number of carbonyl (C=O) groups is 1. The highest BCUT2D eigenvalue weighted by Crippen LogP contribution is 1.83. The number of nitrogens with two attached hydrogens (primary N) is 1. The van der Waals surface area contributed by atoms with Crippen LogP contribution in [0.4, 0.5) is 0 Å². The first-order valence-electron chi connectivity index (χ1n) is 1.84. The summed E-state index contributed by atoms with van der Waals surface area (Å²) in [7, 11) is -4.16. The van der Waals surface area contributed by atoms with E-state index in [1.54, 1.807) is 0 Å². The second-order valence-corrected chi connectivity index (χ2v) is 2.25. The van der Waals surface area contributed by atoms with E-state index in [1.807, 2.05) is 0 Å². The Kier molecular flexibility index (Phi) is 2.35. The van der Waals surface area contributed by atoms with E-state index in [1.165, 1.54) is 0 Å². The van der Waals surface area contributed by atoms with Gasteiger partial charge in [0.05, 0.1) is 0 Å². The van der Waals surface area contributed by atoms with Gasteiger partial charge < -0.3 is 4.18 Å². The van der Waals surface area contributed by atoms with Gasteiger partial charge in [-0.15, -0.1) is 0 Å². The van der Waals surface area contributed by atoms with Crippen LogP contribution in [-0.2, 0) is 19.3 Å². The molecule has 0 aromatic rings. The van der Waals surface area contributed by atoms with Crippen LogP contribution < -0.4 is 5.14 Å². The molecule has 0 bridgehead atoms. The van der Waals surface area contributed by atoms with E-state index < -0.39 is 16.3 Å². The van der Waals surface area contributed by atoms with Gasteiger partial charge in [0.15, 0.2) is 0 Å². The molecule has 0 aliphatic rings. The number of hydrogen-bond donors (Lipinski definition) is 1. The lowest BCUT2D eigenvalue weighted by molar-refractivity contribution is -0.128. The van der Waals surface area contributed by atoms with Crippen molar-refractivity contribution in [2.45, 2.75) is 0 Å². The fraction of sp³-hybridized carbons (Fsp3) is 0. The normalized spacial score (nSPS) is 10.3. The standard InChI is InChI=1S/C3H5NO4S/c1-2-3(5)8-9(4,6)7/h2H,1H2,(H2,4,6,7). The zero-order chi connectivity index (χ0) is 7.49. The average Bonchev–Trinajstić information content (AvgIpc) is 1.62. The first-order valence-corrected chi connectivity index (χ1v) is 3.31. The molecule has 0 aromatic heterocycles. The highest BCUT2D eigenvalue weighted by atomic mass is 32.2. The van der Waals surface area contributed by atoms with Crippen molar-refractivity contribution >= 4 is 16.3 Å². The van der Waals surface area contributed by atoms with Gasteiger partial charge in [0, 0.05) is 6.08 Å². The van der Waals surface area contributed by atoms with Crippen LogP contribution in [0, 0.1) is 0 Å². The Morgan fingerprint density at radius 3 is 2.22 bits per heavy atom. The van der Waals surface area contributed by atoms with E-state index in [9.17, 15) is 13.2 Å². The predicted octanol–water partition coefficient (Wildman–Crippen LogP) is -1.08. The predicted molar refractivity (Wildman–Crippen MR) is 29.4 cm³/mol. The van der Waals surface area contributed by atoms with E-state index in [0.29, 0.717) is 6.08 Å². The summed E-state index contributed by atoms with van der Waals surface area (Å²) in [6.45, 7) is 2.95. The molecule has 5 nitrogen and oxygen atoms in total. The minimum Gasteiger partial charge on any atom is -0.330 e. The third kappa shape index (κ3) is 4.98. The van der Waals surface area contributed by atoms with Crippen LogP contribution in [0.15, 0.2) is 12.7 Å². The molecule has 0 rings (SSSR count). The largest absolute Gasteiger partial charge is 0.382 e. The topological polar surface area (TPSA) is 86.5 Å². The second-order valence-electron chi connectivity index (χ2n) is 1.10. The van der Waals surface area contributed by atoms with Gasteiger partial charge in [-0.1, -0.05) is 6.58 Å². The van der Waals surface area contributed by atoms with Gasteiger partial charge in [-0.25, -0.2) is 4.79 Å². The average molecular weight is 151 g/mol. The zero-order valence-corrected chi connectivity index (χ0v) is 5.22. The molecular formula is C3H5NO4S. The Labute approximate surface area is 52.4 Å². The van der Waals surface area contributed by atoms with Gasteiger partial charge in [-0.3, -0.25) is 0 Å². The number of hydrogen-bond acceptors (Lipinski definition) is 4. The third-order valence-electron chi connectivity index (χ3n) is 0.365. The van der Waals surface area contributed by atoms with Crippen LogP contribution in [0.1, 0.15) is 0 Å². The summed E-state index contributed by atoms with van der Waals surface area (Å²) in [6.07, 6.45) is 0.699.